The number of carboxylic acid groups (broad SMARTS) is 1. The highest BCUT2D eigenvalue weighted by Crippen LogP contribution is 2.22. The molecule has 1 saturated heterocycles. The molecule has 1 amide bonds. The van der Waals surface area contributed by atoms with Crippen molar-refractivity contribution in [2.24, 2.45) is 5.92 Å². The summed E-state index contributed by atoms with van der Waals surface area (Å²) >= 11 is 3.31. The maximum absolute atomic E-state index is 12.4. The predicted molar refractivity (Wildman–Crippen MR) is 84.6 cm³/mol. The quantitative estimate of drug-likeness (QED) is 0.811. The number of halogens is 1. The van der Waals surface area contributed by atoms with Crippen LogP contribution in [0.5, 0.6) is 0 Å². The molecule has 0 saturated carbocycles. The number of carboxylic acids is 1. The van der Waals surface area contributed by atoms with E-state index in [1.165, 1.54) is 4.90 Å². The summed E-state index contributed by atoms with van der Waals surface area (Å²) in [5, 5.41) is 9.13. The molecule has 1 aliphatic rings. The summed E-state index contributed by atoms with van der Waals surface area (Å²) < 4.78 is 0.884. The first-order chi connectivity index (χ1) is 10.4. The molecule has 1 unspecified atom stereocenters. The van der Waals surface area contributed by atoms with Crippen molar-refractivity contribution >= 4 is 33.6 Å². The minimum absolute atomic E-state index is 0.0866. The lowest BCUT2D eigenvalue weighted by molar-refractivity contribution is -0.149. The zero-order chi connectivity index (χ0) is 16.3. The molecule has 5 nitrogen and oxygen atoms in total. The van der Waals surface area contributed by atoms with E-state index in [2.05, 4.69) is 15.9 Å². The van der Waals surface area contributed by atoms with Gasteiger partial charge in [0, 0.05) is 28.9 Å². The van der Waals surface area contributed by atoms with Gasteiger partial charge in [-0.3, -0.25) is 9.59 Å². The normalized spacial score (nSPS) is 19.0. The van der Waals surface area contributed by atoms with E-state index in [-0.39, 0.29) is 18.1 Å². The standard InChI is InChI=1S/C16H18BrNO4/c1-10(9-14(19)11-4-6-12(17)7-5-11)15(20)18-8-2-3-13(18)16(21)22/h4-7,10,13H,2-3,8-9H2,1H3,(H,21,22)/t10?,13-/m0/s1. The van der Waals surface area contributed by atoms with Crippen molar-refractivity contribution in [2.45, 2.75) is 32.2 Å². The van der Waals surface area contributed by atoms with Crippen LogP contribution in [0.2, 0.25) is 0 Å². The van der Waals surface area contributed by atoms with E-state index >= 15 is 0 Å². The molecule has 0 bridgehead atoms. The number of nitrogens with zero attached hydrogens (tertiary/aromatic N) is 1. The van der Waals surface area contributed by atoms with Gasteiger partial charge < -0.3 is 10.0 Å². The van der Waals surface area contributed by atoms with Crippen molar-refractivity contribution in [1.29, 1.82) is 0 Å². The molecule has 2 atom stereocenters. The molecular formula is C16H18BrNO4. The van der Waals surface area contributed by atoms with Crippen LogP contribution in [-0.4, -0.2) is 40.3 Å². The van der Waals surface area contributed by atoms with E-state index < -0.39 is 17.9 Å². The second-order valence-corrected chi connectivity index (χ2v) is 6.48. The first-order valence-electron chi connectivity index (χ1n) is 7.22. The fourth-order valence-electron chi connectivity index (χ4n) is 2.69. The van der Waals surface area contributed by atoms with Gasteiger partial charge in [0.15, 0.2) is 5.78 Å². The highest BCUT2D eigenvalue weighted by Gasteiger charge is 2.36. The summed E-state index contributed by atoms with van der Waals surface area (Å²) in [5.74, 6) is -1.86. The van der Waals surface area contributed by atoms with Crippen LogP contribution in [0.1, 0.15) is 36.5 Å². The third-order valence-electron chi connectivity index (χ3n) is 3.90. The number of carbonyl (C=O) groups is 3. The molecule has 118 valence electrons. The summed E-state index contributed by atoms with van der Waals surface area (Å²) in [4.78, 5) is 37.1. The first-order valence-corrected chi connectivity index (χ1v) is 8.01. The highest BCUT2D eigenvalue weighted by molar-refractivity contribution is 9.10. The van der Waals surface area contributed by atoms with Crippen molar-refractivity contribution < 1.29 is 19.5 Å². The summed E-state index contributed by atoms with van der Waals surface area (Å²) in [6.07, 6.45) is 1.26. The molecule has 2 rings (SSSR count). The number of amides is 1. The molecule has 1 N–H and O–H groups in total. The van der Waals surface area contributed by atoms with E-state index in [0.29, 0.717) is 24.9 Å². The van der Waals surface area contributed by atoms with Gasteiger partial charge in [-0.25, -0.2) is 4.79 Å². The lowest BCUT2D eigenvalue weighted by Gasteiger charge is -2.24. The molecule has 0 aromatic heterocycles. The molecule has 1 aromatic carbocycles. The van der Waals surface area contributed by atoms with Crippen molar-refractivity contribution in [3.63, 3.8) is 0 Å². The number of likely N-dealkylation sites (tertiary alicyclic amines) is 1. The average Bonchev–Trinajstić information content (AvgIpc) is 2.96. The van der Waals surface area contributed by atoms with Crippen LogP contribution in [0, 0.1) is 5.92 Å². The molecule has 1 fully saturated rings. The van der Waals surface area contributed by atoms with Crippen molar-refractivity contribution in [3.8, 4) is 0 Å². The smallest absolute Gasteiger partial charge is 0.326 e. The number of hydrogen-bond donors (Lipinski definition) is 1. The fourth-order valence-corrected chi connectivity index (χ4v) is 2.95. The van der Waals surface area contributed by atoms with E-state index in [4.69, 9.17) is 5.11 Å². The Kier molecular flexibility index (Phi) is 5.34. The lowest BCUT2D eigenvalue weighted by atomic mass is 9.98. The van der Waals surface area contributed by atoms with Gasteiger partial charge in [-0.05, 0) is 25.0 Å². The Morgan fingerprint density at radius 2 is 1.95 bits per heavy atom. The highest BCUT2D eigenvalue weighted by atomic mass is 79.9. The van der Waals surface area contributed by atoms with Crippen LogP contribution in [0.3, 0.4) is 0 Å². The van der Waals surface area contributed by atoms with Gasteiger partial charge in [0.1, 0.15) is 6.04 Å². The van der Waals surface area contributed by atoms with Crippen molar-refractivity contribution in [2.75, 3.05) is 6.54 Å². The number of Topliss-reactive ketones (excluding diaryl/α,β-unsaturated/α-hetero) is 1. The van der Waals surface area contributed by atoms with Gasteiger partial charge in [0.2, 0.25) is 5.91 Å². The molecule has 1 aromatic rings. The van der Waals surface area contributed by atoms with Crippen LogP contribution in [0.4, 0.5) is 0 Å². The number of carbonyl (C=O) groups excluding carboxylic acids is 2. The average molecular weight is 368 g/mol. The van der Waals surface area contributed by atoms with Crippen molar-refractivity contribution in [3.05, 3.63) is 34.3 Å². The van der Waals surface area contributed by atoms with E-state index in [1.807, 2.05) is 0 Å². The number of benzene rings is 1. The van der Waals surface area contributed by atoms with Gasteiger partial charge >= 0.3 is 5.97 Å². The molecule has 0 radical (unpaired) electrons. The summed E-state index contributed by atoms with van der Waals surface area (Å²) in [6, 6.07) is 6.22. The third-order valence-corrected chi connectivity index (χ3v) is 4.43. The molecule has 0 aliphatic carbocycles. The third kappa shape index (κ3) is 3.74. The van der Waals surface area contributed by atoms with Crippen LogP contribution in [-0.2, 0) is 9.59 Å². The van der Waals surface area contributed by atoms with Crippen LogP contribution < -0.4 is 0 Å². The molecule has 0 spiro atoms. The SMILES string of the molecule is CC(CC(=O)c1ccc(Br)cc1)C(=O)N1CCC[C@H]1C(=O)O. The number of rotatable bonds is 5. The van der Waals surface area contributed by atoms with E-state index in [9.17, 15) is 14.4 Å². The number of aliphatic carboxylic acids is 1. The monoisotopic (exact) mass is 367 g/mol. The Morgan fingerprint density at radius 3 is 2.55 bits per heavy atom. The molecule has 1 aliphatic heterocycles. The number of ketones is 1. The fraction of sp³-hybridized carbons (Fsp3) is 0.438. The van der Waals surface area contributed by atoms with Gasteiger partial charge in [-0.15, -0.1) is 0 Å². The topological polar surface area (TPSA) is 74.7 Å². The largest absolute Gasteiger partial charge is 0.480 e. The Hall–Kier alpha value is -1.69. The number of hydrogen-bond acceptors (Lipinski definition) is 3. The Bertz CT molecular complexity index is 584. The minimum atomic E-state index is -0.975. The zero-order valence-corrected chi connectivity index (χ0v) is 13.9. The molecule has 1 heterocycles. The maximum Gasteiger partial charge on any atom is 0.326 e. The first kappa shape index (κ1) is 16.7. The lowest BCUT2D eigenvalue weighted by Crippen LogP contribution is -2.43. The van der Waals surface area contributed by atoms with E-state index in [1.54, 1.807) is 31.2 Å². The summed E-state index contributed by atoms with van der Waals surface area (Å²) in [5.41, 5.74) is 0.555. The van der Waals surface area contributed by atoms with Crippen LogP contribution in [0.25, 0.3) is 0 Å². The summed E-state index contributed by atoms with van der Waals surface area (Å²) in [6.45, 7) is 2.13. The van der Waals surface area contributed by atoms with Gasteiger partial charge in [-0.1, -0.05) is 35.0 Å². The molecule has 6 heteroatoms. The predicted octanol–water partition coefficient (Wildman–Crippen LogP) is 2.73. The van der Waals surface area contributed by atoms with E-state index in [0.717, 1.165) is 4.47 Å². The van der Waals surface area contributed by atoms with Crippen LogP contribution >= 0.6 is 15.9 Å². The van der Waals surface area contributed by atoms with Crippen LogP contribution in [0.15, 0.2) is 28.7 Å². The van der Waals surface area contributed by atoms with Gasteiger partial charge in [0.05, 0.1) is 0 Å². The minimum Gasteiger partial charge on any atom is -0.480 e. The Labute approximate surface area is 137 Å². The van der Waals surface area contributed by atoms with Crippen molar-refractivity contribution in [1.82, 2.24) is 4.90 Å². The second-order valence-electron chi connectivity index (χ2n) is 5.56. The zero-order valence-electron chi connectivity index (χ0n) is 12.3. The Morgan fingerprint density at radius 1 is 1.32 bits per heavy atom. The second kappa shape index (κ2) is 7.05. The molecular weight excluding hydrogens is 350 g/mol. The summed E-state index contributed by atoms with van der Waals surface area (Å²) in [7, 11) is 0. The van der Waals surface area contributed by atoms with Gasteiger partial charge in [0.25, 0.3) is 0 Å². The van der Waals surface area contributed by atoms with Gasteiger partial charge in [-0.2, -0.15) is 0 Å². The molecule has 22 heavy (non-hydrogen) atoms. The Balaban J connectivity index is 2.00. The maximum atomic E-state index is 12.4.